The summed E-state index contributed by atoms with van der Waals surface area (Å²) in [6.45, 7) is 3.61. The van der Waals surface area contributed by atoms with Gasteiger partial charge in [-0.05, 0) is 26.0 Å². The number of aliphatic hydroxyl groups is 1. The standard InChI is InChI=1S/C10H15NO2/c1-10(2,7-12)13-9-5-3-4-8(11)6-9/h3-6,12H,7,11H2,1-2H3. The van der Waals surface area contributed by atoms with E-state index in [2.05, 4.69) is 0 Å². The lowest BCUT2D eigenvalue weighted by atomic mass is 10.1. The molecule has 0 amide bonds. The van der Waals surface area contributed by atoms with Crippen molar-refractivity contribution in [1.82, 2.24) is 0 Å². The predicted molar refractivity (Wildman–Crippen MR) is 52.6 cm³/mol. The van der Waals surface area contributed by atoms with Gasteiger partial charge in [-0.2, -0.15) is 0 Å². The molecule has 0 unspecified atom stereocenters. The molecule has 0 aliphatic rings. The van der Waals surface area contributed by atoms with Gasteiger partial charge in [0.25, 0.3) is 0 Å². The third kappa shape index (κ3) is 2.95. The zero-order valence-corrected chi connectivity index (χ0v) is 7.95. The summed E-state index contributed by atoms with van der Waals surface area (Å²) in [5.74, 6) is 0.680. The summed E-state index contributed by atoms with van der Waals surface area (Å²) in [5, 5.41) is 8.97. The highest BCUT2D eigenvalue weighted by molar-refractivity contribution is 5.43. The fraction of sp³-hybridized carbons (Fsp3) is 0.400. The molecule has 3 heteroatoms. The number of aliphatic hydroxyl groups excluding tert-OH is 1. The molecule has 0 aliphatic heterocycles. The summed E-state index contributed by atoms with van der Waals surface area (Å²) in [6, 6.07) is 7.15. The molecule has 3 N–H and O–H groups in total. The third-order valence-electron chi connectivity index (χ3n) is 1.63. The number of ether oxygens (including phenoxy) is 1. The van der Waals surface area contributed by atoms with Crippen LogP contribution in [0.5, 0.6) is 5.75 Å². The maximum absolute atomic E-state index is 8.97. The molecule has 0 aromatic heterocycles. The highest BCUT2D eigenvalue weighted by Crippen LogP contribution is 2.19. The predicted octanol–water partition coefficient (Wildman–Crippen LogP) is 1.42. The van der Waals surface area contributed by atoms with E-state index in [4.69, 9.17) is 15.6 Å². The Hall–Kier alpha value is -1.22. The second-order valence-electron chi connectivity index (χ2n) is 3.59. The minimum absolute atomic E-state index is 0.0260. The van der Waals surface area contributed by atoms with E-state index in [1.807, 2.05) is 26.0 Å². The SMILES string of the molecule is CC(C)(CO)Oc1cccc(N)c1. The summed E-state index contributed by atoms with van der Waals surface area (Å²) in [4.78, 5) is 0. The van der Waals surface area contributed by atoms with E-state index in [0.29, 0.717) is 11.4 Å². The summed E-state index contributed by atoms with van der Waals surface area (Å²) in [6.07, 6.45) is 0. The topological polar surface area (TPSA) is 55.5 Å². The van der Waals surface area contributed by atoms with Gasteiger partial charge in [-0.15, -0.1) is 0 Å². The summed E-state index contributed by atoms with van der Waals surface area (Å²) in [7, 11) is 0. The van der Waals surface area contributed by atoms with Crippen molar-refractivity contribution < 1.29 is 9.84 Å². The summed E-state index contributed by atoms with van der Waals surface area (Å²) in [5.41, 5.74) is 5.67. The zero-order chi connectivity index (χ0) is 9.90. The van der Waals surface area contributed by atoms with Crippen LogP contribution in [0.15, 0.2) is 24.3 Å². The Morgan fingerprint density at radius 2 is 2.15 bits per heavy atom. The van der Waals surface area contributed by atoms with Gasteiger partial charge in [-0.3, -0.25) is 0 Å². The van der Waals surface area contributed by atoms with Gasteiger partial charge in [0.05, 0.1) is 6.61 Å². The normalized spacial score (nSPS) is 11.3. The van der Waals surface area contributed by atoms with Crippen LogP contribution in [-0.2, 0) is 0 Å². The van der Waals surface area contributed by atoms with Crippen molar-refractivity contribution >= 4 is 5.69 Å². The monoisotopic (exact) mass is 181 g/mol. The molecule has 1 aromatic rings. The van der Waals surface area contributed by atoms with Crippen molar-refractivity contribution in [1.29, 1.82) is 0 Å². The van der Waals surface area contributed by atoms with Crippen molar-refractivity contribution in [3.05, 3.63) is 24.3 Å². The van der Waals surface area contributed by atoms with E-state index >= 15 is 0 Å². The van der Waals surface area contributed by atoms with Crippen molar-refractivity contribution in [2.45, 2.75) is 19.4 Å². The van der Waals surface area contributed by atoms with Crippen molar-refractivity contribution in [2.75, 3.05) is 12.3 Å². The van der Waals surface area contributed by atoms with Crippen LogP contribution in [0.25, 0.3) is 0 Å². The molecule has 0 spiro atoms. The van der Waals surface area contributed by atoms with Crippen LogP contribution in [0, 0.1) is 0 Å². The fourth-order valence-electron chi connectivity index (χ4n) is 0.929. The first-order valence-electron chi connectivity index (χ1n) is 4.19. The number of anilines is 1. The summed E-state index contributed by atoms with van der Waals surface area (Å²) < 4.78 is 5.50. The summed E-state index contributed by atoms with van der Waals surface area (Å²) >= 11 is 0. The van der Waals surface area contributed by atoms with E-state index in [1.165, 1.54) is 0 Å². The maximum Gasteiger partial charge on any atom is 0.126 e. The second kappa shape index (κ2) is 3.66. The van der Waals surface area contributed by atoms with Crippen molar-refractivity contribution in [3.8, 4) is 5.75 Å². The van der Waals surface area contributed by atoms with Gasteiger partial charge in [0, 0.05) is 11.8 Å². The smallest absolute Gasteiger partial charge is 0.126 e. The Balaban J connectivity index is 2.74. The Bertz CT molecular complexity index is 284. The van der Waals surface area contributed by atoms with Crippen molar-refractivity contribution in [2.24, 2.45) is 0 Å². The Kier molecular flexibility index (Phi) is 2.78. The lowest BCUT2D eigenvalue weighted by molar-refractivity contribution is 0.0413. The van der Waals surface area contributed by atoms with Crippen LogP contribution < -0.4 is 10.5 Å². The molecular formula is C10H15NO2. The minimum atomic E-state index is -0.562. The quantitative estimate of drug-likeness (QED) is 0.693. The minimum Gasteiger partial charge on any atom is -0.485 e. The maximum atomic E-state index is 8.97. The zero-order valence-electron chi connectivity index (χ0n) is 7.95. The molecule has 72 valence electrons. The number of nitrogens with two attached hydrogens (primary N) is 1. The largest absolute Gasteiger partial charge is 0.485 e. The molecule has 0 aliphatic carbocycles. The van der Waals surface area contributed by atoms with E-state index in [1.54, 1.807) is 12.1 Å². The first-order chi connectivity index (χ1) is 6.03. The van der Waals surface area contributed by atoms with Crippen LogP contribution >= 0.6 is 0 Å². The molecule has 0 atom stereocenters. The molecule has 0 fully saturated rings. The Morgan fingerprint density at radius 1 is 1.46 bits per heavy atom. The molecule has 0 bridgehead atoms. The van der Waals surface area contributed by atoms with E-state index in [0.717, 1.165) is 0 Å². The molecule has 1 rings (SSSR count). The average molecular weight is 181 g/mol. The molecular weight excluding hydrogens is 166 g/mol. The number of nitrogen functional groups attached to an aromatic ring is 1. The van der Waals surface area contributed by atoms with Gasteiger partial charge < -0.3 is 15.6 Å². The second-order valence-corrected chi connectivity index (χ2v) is 3.59. The van der Waals surface area contributed by atoms with E-state index in [-0.39, 0.29) is 6.61 Å². The van der Waals surface area contributed by atoms with Crippen LogP contribution in [0.3, 0.4) is 0 Å². The molecule has 3 nitrogen and oxygen atoms in total. The number of hydrogen-bond acceptors (Lipinski definition) is 3. The Morgan fingerprint density at radius 3 is 2.69 bits per heavy atom. The van der Waals surface area contributed by atoms with E-state index < -0.39 is 5.60 Å². The molecule has 13 heavy (non-hydrogen) atoms. The third-order valence-corrected chi connectivity index (χ3v) is 1.63. The first-order valence-corrected chi connectivity index (χ1v) is 4.19. The number of benzene rings is 1. The fourth-order valence-corrected chi connectivity index (χ4v) is 0.929. The molecule has 0 radical (unpaired) electrons. The van der Waals surface area contributed by atoms with Crippen molar-refractivity contribution in [3.63, 3.8) is 0 Å². The number of rotatable bonds is 3. The van der Waals surface area contributed by atoms with E-state index in [9.17, 15) is 0 Å². The van der Waals surface area contributed by atoms with Crippen LogP contribution in [0.1, 0.15) is 13.8 Å². The molecule has 0 saturated carbocycles. The van der Waals surface area contributed by atoms with Crippen LogP contribution in [0.2, 0.25) is 0 Å². The molecule has 0 saturated heterocycles. The lowest BCUT2D eigenvalue weighted by Crippen LogP contribution is -2.32. The highest BCUT2D eigenvalue weighted by atomic mass is 16.5. The molecule has 1 aromatic carbocycles. The van der Waals surface area contributed by atoms with Crippen LogP contribution in [-0.4, -0.2) is 17.3 Å². The first kappa shape index (κ1) is 9.86. The average Bonchev–Trinajstić information content (AvgIpc) is 2.03. The Labute approximate surface area is 78.1 Å². The van der Waals surface area contributed by atoms with Gasteiger partial charge >= 0.3 is 0 Å². The van der Waals surface area contributed by atoms with Crippen LogP contribution in [0.4, 0.5) is 5.69 Å². The highest BCUT2D eigenvalue weighted by Gasteiger charge is 2.17. The van der Waals surface area contributed by atoms with Gasteiger partial charge in [0.15, 0.2) is 0 Å². The van der Waals surface area contributed by atoms with Gasteiger partial charge in [0.1, 0.15) is 11.4 Å². The lowest BCUT2D eigenvalue weighted by Gasteiger charge is -2.23. The number of hydrogen-bond donors (Lipinski definition) is 2. The van der Waals surface area contributed by atoms with Gasteiger partial charge in [0.2, 0.25) is 0 Å². The van der Waals surface area contributed by atoms with Gasteiger partial charge in [-0.1, -0.05) is 6.07 Å². The molecule has 0 heterocycles. The van der Waals surface area contributed by atoms with Gasteiger partial charge in [-0.25, -0.2) is 0 Å².